The number of carbonyl (C=O) groups is 1. The maximum absolute atomic E-state index is 14.4. The Morgan fingerprint density at radius 2 is 2.13 bits per heavy atom. The first-order chi connectivity index (χ1) is 18.0. The van der Waals surface area contributed by atoms with Crippen molar-refractivity contribution in [3.05, 3.63) is 59.2 Å². The number of nitrogens with zero attached hydrogens (tertiary/aromatic N) is 4. The van der Waals surface area contributed by atoms with E-state index in [-0.39, 0.29) is 30.3 Å². The molecule has 3 heterocycles. The van der Waals surface area contributed by atoms with Gasteiger partial charge in [-0.15, -0.1) is 0 Å². The average molecular weight is 513 g/mol. The monoisotopic (exact) mass is 513 g/mol. The van der Waals surface area contributed by atoms with Crippen molar-refractivity contribution in [2.45, 2.75) is 38.6 Å². The highest BCUT2D eigenvalue weighted by molar-refractivity contribution is 6.48. The van der Waals surface area contributed by atoms with Crippen molar-refractivity contribution in [3.8, 4) is 17.0 Å². The highest BCUT2D eigenvalue weighted by Crippen LogP contribution is 2.36. The summed E-state index contributed by atoms with van der Waals surface area (Å²) in [6, 6.07) is 5.76. The Kier molecular flexibility index (Phi) is 7.56. The van der Waals surface area contributed by atoms with Gasteiger partial charge in [0.1, 0.15) is 11.9 Å². The predicted molar refractivity (Wildman–Crippen MR) is 144 cm³/mol. The van der Waals surface area contributed by atoms with E-state index < -0.39 is 23.4 Å². The first-order valence-corrected chi connectivity index (χ1v) is 11.9. The molecule has 0 unspecified atom stereocenters. The summed E-state index contributed by atoms with van der Waals surface area (Å²) in [6.45, 7) is 5.14. The topological polar surface area (TPSA) is 127 Å². The van der Waals surface area contributed by atoms with Crippen LogP contribution in [-0.4, -0.2) is 61.6 Å². The number of hydrogen-bond acceptors (Lipinski definition) is 8. The number of ether oxygens (including phenoxy) is 2. The van der Waals surface area contributed by atoms with Crippen LogP contribution in [0.1, 0.15) is 43.6 Å². The molecular weight excluding hydrogens is 487 g/mol. The van der Waals surface area contributed by atoms with Gasteiger partial charge in [0.25, 0.3) is 0 Å². The SMILES string of the molecule is [B]C([B])(C)n1ncc2c1-c1cnc(NC(=O)OCC)c(c1)O[C@H](C)c1cc(F)ccc1C(=N)/C(=N\NC)C2. The molecule has 2 bridgehead atoms. The summed E-state index contributed by atoms with van der Waals surface area (Å²) in [6.07, 6.45) is 1.82. The first kappa shape index (κ1) is 26.9. The molecule has 1 aliphatic heterocycles. The van der Waals surface area contributed by atoms with Gasteiger partial charge in [-0.1, -0.05) is 6.92 Å². The molecule has 0 spiro atoms. The van der Waals surface area contributed by atoms with Gasteiger partial charge in [0.05, 0.1) is 45.6 Å². The van der Waals surface area contributed by atoms with E-state index in [0.29, 0.717) is 33.7 Å². The quantitative estimate of drug-likeness (QED) is 0.363. The minimum Gasteiger partial charge on any atom is -0.482 e. The zero-order valence-electron chi connectivity index (χ0n) is 21.5. The zero-order valence-corrected chi connectivity index (χ0v) is 21.5. The maximum atomic E-state index is 14.4. The number of aromatic nitrogens is 3. The van der Waals surface area contributed by atoms with Crippen LogP contribution in [0.4, 0.5) is 15.0 Å². The molecule has 1 amide bonds. The van der Waals surface area contributed by atoms with E-state index in [0.717, 1.165) is 0 Å². The van der Waals surface area contributed by atoms with Crippen LogP contribution in [0.5, 0.6) is 5.75 Å². The summed E-state index contributed by atoms with van der Waals surface area (Å²) in [5, 5.41) is 18.9. The van der Waals surface area contributed by atoms with E-state index in [1.165, 1.54) is 29.1 Å². The number of fused-ring (bicyclic) bond motifs is 5. The van der Waals surface area contributed by atoms with Gasteiger partial charge in [-0.25, -0.2) is 14.2 Å². The lowest BCUT2D eigenvalue weighted by Gasteiger charge is -2.26. The van der Waals surface area contributed by atoms with Crippen molar-refractivity contribution in [2.75, 3.05) is 19.0 Å². The van der Waals surface area contributed by atoms with Crippen molar-refractivity contribution < 1.29 is 18.7 Å². The van der Waals surface area contributed by atoms with E-state index in [1.807, 2.05) is 0 Å². The minimum atomic E-state index is -1.38. The van der Waals surface area contributed by atoms with Crippen LogP contribution in [0.3, 0.4) is 0 Å². The molecule has 0 aliphatic carbocycles. The zero-order chi connectivity index (χ0) is 27.6. The summed E-state index contributed by atoms with van der Waals surface area (Å²) < 4.78 is 27.1. The standard InChI is InChI=1S/C25H26B2FN7O3/c1-5-37-24(36)33-23-20-9-15(11-31-23)22-14(12-32-35(22)25(3,26)27)8-19(34-30-4)21(29)17-7-6-16(28)10-18(17)13(2)38-20/h6-7,9-13,29-30H,5,8H2,1-4H3,(H,31,33,36)/b29-21?,34-19-/t13-/m1/s1. The molecule has 0 saturated heterocycles. The fourth-order valence-corrected chi connectivity index (χ4v) is 4.21. The molecule has 13 heteroatoms. The molecule has 3 N–H and O–H groups in total. The number of carbonyl (C=O) groups excluding carboxylic acids is 1. The van der Waals surface area contributed by atoms with E-state index >= 15 is 0 Å². The molecule has 0 fully saturated rings. The van der Waals surface area contributed by atoms with Gasteiger partial charge in [-0.2, -0.15) is 10.2 Å². The van der Waals surface area contributed by atoms with Crippen molar-refractivity contribution in [2.24, 2.45) is 5.10 Å². The Labute approximate surface area is 222 Å². The molecule has 10 nitrogen and oxygen atoms in total. The second kappa shape index (κ2) is 10.7. The number of rotatable bonds is 4. The molecule has 1 aliphatic rings. The smallest absolute Gasteiger partial charge is 0.412 e. The fourth-order valence-electron chi connectivity index (χ4n) is 4.21. The summed E-state index contributed by atoms with van der Waals surface area (Å²) in [7, 11) is 14.1. The highest BCUT2D eigenvalue weighted by Gasteiger charge is 2.28. The van der Waals surface area contributed by atoms with Crippen molar-refractivity contribution in [1.29, 1.82) is 5.41 Å². The van der Waals surface area contributed by atoms with Crippen molar-refractivity contribution in [3.63, 3.8) is 0 Å². The molecule has 3 aromatic rings. The Hall–Kier alpha value is -4.15. The summed E-state index contributed by atoms with van der Waals surface area (Å²) in [5.41, 5.74) is 5.74. The number of pyridine rings is 1. The number of nitrogens with one attached hydrogen (secondary N) is 3. The lowest BCUT2D eigenvalue weighted by atomic mass is 9.63. The van der Waals surface area contributed by atoms with Crippen LogP contribution in [-0.2, 0) is 16.5 Å². The average Bonchev–Trinajstić information content (AvgIpc) is 3.28. The summed E-state index contributed by atoms with van der Waals surface area (Å²) in [4.78, 5) is 16.6. The van der Waals surface area contributed by atoms with Crippen LogP contribution >= 0.6 is 0 Å². The molecule has 2 aromatic heterocycles. The Morgan fingerprint density at radius 3 is 2.82 bits per heavy atom. The van der Waals surface area contributed by atoms with Crippen LogP contribution in [0, 0.1) is 11.2 Å². The Balaban J connectivity index is 1.99. The van der Waals surface area contributed by atoms with Gasteiger partial charge in [0.15, 0.2) is 11.6 Å². The van der Waals surface area contributed by atoms with Crippen LogP contribution in [0.15, 0.2) is 41.8 Å². The Morgan fingerprint density at radius 1 is 1.37 bits per heavy atom. The van der Waals surface area contributed by atoms with Crippen LogP contribution in [0.25, 0.3) is 11.3 Å². The molecule has 1 atom stereocenters. The molecule has 4 radical (unpaired) electrons. The molecular formula is C25H26B2FN7O3. The number of benzene rings is 1. The highest BCUT2D eigenvalue weighted by atomic mass is 19.1. The number of amides is 1. The van der Waals surface area contributed by atoms with Gasteiger partial charge in [-0.05, 0) is 43.5 Å². The maximum Gasteiger partial charge on any atom is 0.412 e. The lowest BCUT2D eigenvalue weighted by molar-refractivity contribution is 0.167. The second-order valence-electron chi connectivity index (χ2n) is 8.90. The van der Waals surface area contributed by atoms with E-state index in [1.54, 1.807) is 40.1 Å². The molecule has 1 aromatic carbocycles. The first-order valence-electron chi connectivity index (χ1n) is 11.9. The summed E-state index contributed by atoms with van der Waals surface area (Å²) >= 11 is 0. The second-order valence-corrected chi connectivity index (χ2v) is 8.90. The molecule has 38 heavy (non-hydrogen) atoms. The van der Waals surface area contributed by atoms with E-state index in [2.05, 4.69) is 25.9 Å². The fraction of sp³-hybridized carbons (Fsp3) is 0.320. The largest absolute Gasteiger partial charge is 0.482 e. The third-order valence-electron chi connectivity index (χ3n) is 5.84. The summed E-state index contributed by atoms with van der Waals surface area (Å²) in [5.74, 6) is -0.210. The number of anilines is 1. The van der Waals surface area contributed by atoms with Gasteiger partial charge in [-0.3, -0.25) is 15.4 Å². The van der Waals surface area contributed by atoms with E-state index in [9.17, 15) is 9.18 Å². The molecule has 192 valence electrons. The van der Waals surface area contributed by atoms with Crippen LogP contribution < -0.4 is 15.5 Å². The third-order valence-corrected chi connectivity index (χ3v) is 5.84. The van der Waals surface area contributed by atoms with Crippen molar-refractivity contribution in [1.82, 2.24) is 20.2 Å². The molecule has 4 rings (SSSR count). The number of hydrogen-bond donors (Lipinski definition) is 3. The van der Waals surface area contributed by atoms with Crippen molar-refractivity contribution >= 4 is 39.0 Å². The minimum absolute atomic E-state index is 0.0685. The van der Waals surface area contributed by atoms with Gasteiger partial charge in [0.2, 0.25) is 0 Å². The normalized spacial score (nSPS) is 16.4. The predicted octanol–water partition coefficient (Wildman–Crippen LogP) is 3.26. The van der Waals surface area contributed by atoms with Crippen LogP contribution in [0.2, 0.25) is 0 Å². The van der Waals surface area contributed by atoms with Gasteiger partial charge >= 0.3 is 6.09 Å². The lowest BCUT2D eigenvalue weighted by Crippen LogP contribution is -2.32. The van der Waals surface area contributed by atoms with Gasteiger partial charge in [0, 0.05) is 41.9 Å². The Bertz CT molecular complexity index is 1420. The number of halogens is 1. The third kappa shape index (κ3) is 5.41. The number of hydrazone groups is 1. The molecule has 0 saturated carbocycles. The van der Waals surface area contributed by atoms with Gasteiger partial charge < -0.3 is 14.9 Å². The van der Waals surface area contributed by atoms with E-state index in [4.69, 9.17) is 30.6 Å².